The highest BCUT2D eigenvalue weighted by molar-refractivity contribution is 5.94. The van der Waals surface area contributed by atoms with Crippen molar-refractivity contribution in [2.75, 3.05) is 25.0 Å². The first kappa shape index (κ1) is 16.8. The molecule has 7 nitrogen and oxygen atoms in total. The van der Waals surface area contributed by atoms with Crippen molar-refractivity contribution in [3.63, 3.8) is 0 Å². The number of rotatable bonds is 3. The Labute approximate surface area is 151 Å². The molecule has 0 unspecified atom stereocenters. The number of hydrogen-bond acceptors (Lipinski definition) is 4. The number of ether oxygens (including phenoxy) is 1. The Morgan fingerprint density at radius 3 is 3.04 bits per heavy atom. The van der Waals surface area contributed by atoms with Crippen LogP contribution in [0.2, 0.25) is 0 Å². The standard InChI is InChI=1S/C19H22N4O3/c24-18(22-16-2-1-5-20-10-16)15-8-14-11-23(7-4-17(14)26-12-15)19(25)13-3-6-21-9-13/h1-3,5-6,9-10,14-15,17,21H,4,7-8,11-12H2,(H,22,24)/t14-,15-,17+/m0/s1. The number of hydrogen-bond donors (Lipinski definition) is 2. The van der Waals surface area contributed by atoms with Gasteiger partial charge in [-0.25, -0.2) is 0 Å². The summed E-state index contributed by atoms with van der Waals surface area (Å²) in [5.74, 6) is -0.0408. The van der Waals surface area contributed by atoms with E-state index >= 15 is 0 Å². The van der Waals surface area contributed by atoms with Crippen LogP contribution in [0.4, 0.5) is 5.69 Å². The second-order valence-corrected chi connectivity index (χ2v) is 6.93. The summed E-state index contributed by atoms with van der Waals surface area (Å²) in [4.78, 5) is 33.9. The van der Waals surface area contributed by atoms with Gasteiger partial charge in [-0.15, -0.1) is 0 Å². The second-order valence-electron chi connectivity index (χ2n) is 6.93. The van der Waals surface area contributed by atoms with Crippen molar-refractivity contribution in [2.45, 2.75) is 18.9 Å². The number of piperidine rings is 1. The normalized spacial score (nSPS) is 25.4. The zero-order valence-electron chi connectivity index (χ0n) is 14.4. The lowest BCUT2D eigenvalue weighted by molar-refractivity contribution is -0.133. The lowest BCUT2D eigenvalue weighted by Gasteiger charge is -2.43. The molecular weight excluding hydrogens is 332 g/mol. The van der Waals surface area contributed by atoms with E-state index in [1.807, 2.05) is 11.0 Å². The first-order valence-corrected chi connectivity index (χ1v) is 8.95. The van der Waals surface area contributed by atoms with Crippen LogP contribution in [0.15, 0.2) is 43.0 Å². The molecule has 2 aromatic heterocycles. The molecule has 0 bridgehead atoms. The molecule has 0 spiro atoms. The summed E-state index contributed by atoms with van der Waals surface area (Å²) >= 11 is 0. The van der Waals surface area contributed by atoms with E-state index in [9.17, 15) is 9.59 Å². The Balaban J connectivity index is 1.38. The number of nitrogens with one attached hydrogen (secondary N) is 2. The first-order valence-electron chi connectivity index (χ1n) is 8.95. The minimum atomic E-state index is -0.209. The van der Waals surface area contributed by atoms with Gasteiger partial charge in [0.2, 0.25) is 5.91 Å². The highest BCUT2D eigenvalue weighted by Gasteiger charge is 2.39. The predicted octanol–water partition coefficient (Wildman–Crippen LogP) is 1.92. The van der Waals surface area contributed by atoms with Crippen LogP contribution in [0, 0.1) is 11.8 Å². The van der Waals surface area contributed by atoms with Crippen molar-refractivity contribution < 1.29 is 14.3 Å². The van der Waals surface area contributed by atoms with E-state index in [-0.39, 0.29) is 29.8 Å². The predicted molar refractivity (Wildman–Crippen MR) is 95.5 cm³/mol. The summed E-state index contributed by atoms with van der Waals surface area (Å²) in [7, 11) is 0. The number of fused-ring (bicyclic) bond motifs is 1. The van der Waals surface area contributed by atoms with Gasteiger partial charge in [-0.1, -0.05) is 0 Å². The topological polar surface area (TPSA) is 87.3 Å². The number of aromatic amines is 1. The van der Waals surface area contributed by atoms with Crippen LogP contribution in [-0.4, -0.2) is 52.5 Å². The number of aromatic nitrogens is 2. The van der Waals surface area contributed by atoms with E-state index in [2.05, 4.69) is 15.3 Å². The molecule has 2 aromatic rings. The summed E-state index contributed by atoms with van der Waals surface area (Å²) in [6.07, 6.45) is 8.45. The zero-order chi connectivity index (χ0) is 17.9. The molecule has 2 fully saturated rings. The minimum Gasteiger partial charge on any atom is -0.377 e. The molecular formula is C19H22N4O3. The monoisotopic (exact) mass is 354 g/mol. The number of anilines is 1. The largest absolute Gasteiger partial charge is 0.377 e. The van der Waals surface area contributed by atoms with E-state index < -0.39 is 0 Å². The van der Waals surface area contributed by atoms with Gasteiger partial charge in [0.05, 0.1) is 36.1 Å². The number of carbonyl (C=O) groups is 2. The number of carbonyl (C=O) groups excluding carboxylic acids is 2. The Morgan fingerprint density at radius 2 is 2.27 bits per heavy atom. The van der Waals surface area contributed by atoms with Gasteiger partial charge in [0, 0.05) is 37.6 Å². The SMILES string of the molecule is O=C(Nc1cccnc1)[C@@H]1CO[C@@H]2CCN(C(=O)c3cc[nH]c3)C[C@@H]2C1. The Hall–Kier alpha value is -2.67. The van der Waals surface area contributed by atoms with Gasteiger partial charge in [-0.3, -0.25) is 14.6 Å². The summed E-state index contributed by atoms with van der Waals surface area (Å²) < 4.78 is 5.95. The van der Waals surface area contributed by atoms with E-state index in [1.54, 1.807) is 36.9 Å². The molecule has 3 atom stereocenters. The van der Waals surface area contributed by atoms with Crippen LogP contribution in [0.25, 0.3) is 0 Å². The van der Waals surface area contributed by atoms with Gasteiger partial charge in [-0.05, 0) is 31.0 Å². The third-order valence-electron chi connectivity index (χ3n) is 5.19. The number of nitrogens with zero attached hydrogens (tertiary/aromatic N) is 2. The number of H-pyrrole nitrogens is 1. The van der Waals surface area contributed by atoms with Gasteiger partial charge in [0.15, 0.2) is 0 Å². The Kier molecular flexibility index (Phi) is 4.71. The average Bonchev–Trinajstić information content (AvgIpc) is 3.22. The number of amides is 2. The van der Waals surface area contributed by atoms with E-state index in [0.29, 0.717) is 30.9 Å². The maximum atomic E-state index is 12.6. The zero-order valence-corrected chi connectivity index (χ0v) is 14.4. The fourth-order valence-corrected chi connectivity index (χ4v) is 3.82. The van der Waals surface area contributed by atoms with Crippen molar-refractivity contribution in [2.24, 2.45) is 11.8 Å². The molecule has 0 radical (unpaired) electrons. The van der Waals surface area contributed by atoms with E-state index in [4.69, 9.17) is 4.74 Å². The second kappa shape index (κ2) is 7.29. The fraction of sp³-hybridized carbons (Fsp3) is 0.421. The van der Waals surface area contributed by atoms with E-state index in [0.717, 1.165) is 12.8 Å². The average molecular weight is 354 g/mol. The van der Waals surface area contributed by atoms with Crippen LogP contribution >= 0.6 is 0 Å². The third kappa shape index (κ3) is 3.48. The summed E-state index contributed by atoms with van der Waals surface area (Å²) in [6.45, 7) is 1.75. The maximum absolute atomic E-state index is 12.6. The Morgan fingerprint density at radius 1 is 1.35 bits per heavy atom. The molecule has 0 saturated carbocycles. The summed E-state index contributed by atoms with van der Waals surface area (Å²) in [6, 6.07) is 5.39. The molecule has 0 aromatic carbocycles. The highest BCUT2D eigenvalue weighted by atomic mass is 16.5. The summed E-state index contributed by atoms with van der Waals surface area (Å²) in [5.41, 5.74) is 1.36. The van der Waals surface area contributed by atoms with Gasteiger partial charge >= 0.3 is 0 Å². The molecule has 2 amide bonds. The van der Waals surface area contributed by atoms with Crippen molar-refractivity contribution >= 4 is 17.5 Å². The number of pyridine rings is 1. The van der Waals surface area contributed by atoms with Crippen LogP contribution < -0.4 is 5.32 Å². The van der Waals surface area contributed by atoms with Crippen molar-refractivity contribution in [3.05, 3.63) is 48.5 Å². The van der Waals surface area contributed by atoms with Gasteiger partial charge in [0.1, 0.15) is 0 Å². The lowest BCUT2D eigenvalue weighted by atomic mass is 9.83. The van der Waals surface area contributed by atoms with Crippen LogP contribution in [0.1, 0.15) is 23.2 Å². The Bertz CT molecular complexity index is 762. The van der Waals surface area contributed by atoms with Gasteiger partial charge < -0.3 is 19.9 Å². The van der Waals surface area contributed by atoms with Gasteiger partial charge in [-0.2, -0.15) is 0 Å². The van der Waals surface area contributed by atoms with Crippen molar-refractivity contribution in [1.29, 1.82) is 0 Å². The van der Waals surface area contributed by atoms with Crippen molar-refractivity contribution in [3.8, 4) is 0 Å². The molecule has 7 heteroatoms. The summed E-state index contributed by atoms with van der Waals surface area (Å²) in [5, 5.41) is 2.90. The fourth-order valence-electron chi connectivity index (χ4n) is 3.82. The molecule has 26 heavy (non-hydrogen) atoms. The maximum Gasteiger partial charge on any atom is 0.255 e. The van der Waals surface area contributed by atoms with Crippen molar-refractivity contribution in [1.82, 2.24) is 14.9 Å². The van der Waals surface area contributed by atoms with E-state index in [1.165, 1.54) is 0 Å². The quantitative estimate of drug-likeness (QED) is 0.881. The number of likely N-dealkylation sites (tertiary alicyclic amines) is 1. The van der Waals surface area contributed by atoms with Crippen LogP contribution in [0.3, 0.4) is 0 Å². The molecule has 2 saturated heterocycles. The highest BCUT2D eigenvalue weighted by Crippen LogP contribution is 2.32. The third-order valence-corrected chi connectivity index (χ3v) is 5.19. The molecule has 136 valence electrons. The smallest absolute Gasteiger partial charge is 0.255 e. The lowest BCUT2D eigenvalue weighted by Crippen LogP contribution is -2.51. The van der Waals surface area contributed by atoms with Crippen LogP contribution in [-0.2, 0) is 9.53 Å². The molecule has 4 rings (SSSR count). The van der Waals surface area contributed by atoms with Crippen LogP contribution in [0.5, 0.6) is 0 Å². The molecule has 2 aliphatic rings. The minimum absolute atomic E-state index is 0.0339. The molecule has 2 aliphatic heterocycles. The molecule has 4 heterocycles. The molecule has 0 aliphatic carbocycles. The molecule has 2 N–H and O–H groups in total. The first-order chi connectivity index (χ1) is 12.7. The van der Waals surface area contributed by atoms with Gasteiger partial charge in [0.25, 0.3) is 5.91 Å².